The summed E-state index contributed by atoms with van der Waals surface area (Å²) in [4.78, 5) is 14.2. The zero-order valence-corrected chi connectivity index (χ0v) is 35.2. The van der Waals surface area contributed by atoms with E-state index in [4.69, 9.17) is 9.97 Å². The molecule has 0 spiro atoms. The standard InChI is InChI=1S/C56H43N5/c1-55(2,3)34-28-41-40-26-25-32-17-13-16-24-39(32)49(40)60-50(41)44(30-34)48-53(60)57-47-43-27-33-18-14-15-23-38(33)46-42-29-35(56(4,5)6)31-45(51(42)61(52(43)46)54(47)58-48)59(36-19-9-7-10-20-36)37-21-11-8-12-22-37/h7-31H,1-6H3. The van der Waals surface area contributed by atoms with Crippen molar-refractivity contribution < 1.29 is 0 Å². The summed E-state index contributed by atoms with van der Waals surface area (Å²) in [6, 6.07) is 55.8. The summed E-state index contributed by atoms with van der Waals surface area (Å²) in [6.45, 7) is 13.9. The molecule has 0 unspecified atom stereocenters. The fourth-order valence-corrected chi connectivity index (χ4v) is 10.4. The lowest BCUT2D eigenvalue weighted by Crippen LogP contribution is -2.15. The Hall–Kier alpha value is -7.24. The van der Waals surface area contributed by atoms with E-state index < -0.39 is 0 Å². The van der Waals surface area contributed by atoms with Crippen LogP contribution in [0.5, 0.6) is 0 Å². The Balaban J connectivity index is 1.29. The molecule has 13 rings (SSSR count). The monoisotopic (exact) mass is 785 g/mol. The highest BCUT2D eigenvalue weighted by atomic mass is 15.2. The second-order valence-electron chi connectivity index (χ2n) is 19.1. The van der Waals surface area contributed by atoms with Crippen LogP contribution >= 0.6 is 0 Å². The lowest BCUT2D eigenvalue weighted by atomic mass is 9.85. The predicted octanol–water partition coefficient (Wildman–Crippen LogP) is 15.1. The summed E-state index contributed by atoms with van der Waals surface area (Å²) >= 11 is 0. The van der Waals surface area contributed by atoms with Gasteiger partial charge in [0.2, 0.25) is 0 Å². The van der Waals surface area contributed by atoms with Crippen molar-refractivity contribution in [1.82, 2.24) is 18.8 Å². The third-order valence-electron chi connectivity index (χ3n) is 13.4. The molecular formula is C56H43N5. The smallest absolute Gasteiger partial charge is 0.165 e. The van der Waals surface area contributed by atoms with Crippen LogP contribution < -0.4 is 4.90 Å². The molecule has 292 valence electrons. The number of hydrogen-bond donors (Lipinski definition) is 0. The highest BCUT2D eigenvalue weighted by Crippen LogP contribution is 2.50. The molecule has 0 N–H and O–H groups in total. The van der Waals surface area contributed by atoms with Crippen molar-refractivity contribution in [2.45, 2.75) is 52.4 Å². The Morgan fingerprint density at radius 1 is 0.393 bits per heavy atom. The van der Waals surface area contributed by atoms with Crippen LogP contribution in [-0.2, 0) is 10.8 Å². The molecule has 13 aromatic rings. The van der Waals surface area contributed by atoms with Crippen LogP contribution in [0.4, 0.5) is 17.1 Å². The van der Waals surface area contributed by atoms with Gasteiger partial charge in [-0.25, -0.2) is 9.97 Å². The number of hydrogen-bond acceptors (Lipinski definition) is 3. The largest absolute Gasteiger partial charge is 0.308 e. The van der Waals surface area contributed by atoms with Gasteiger partial charge in [0.15, 0.2) is 11.3 Å². The zero-order chi connectivity index (χ0) is 41.1. The van der Waals surface area contributed by atoms with Crippen molar-refractivity contribution in [3.63, 3.8) is 0 Å². The predicted molar refractivity (Wildman–Crippen MR) is 258 cm³/mol. The molecule has 0 fully saturated rings. The minimum atomic E-state index is -0.115. The Labute approximate surface area is 352 Å². The number of nitrogens with zero attached hydrogens (tertiary/aromatic N) is 5. The van der Waals surface area contributed by atoms with Crippen molar-refractivity contribution in [1.29, 1.82) is 0 Å². The third kappa shape index (κ3) is 4.61. The summed E-state index contributed by atoms with van der Waals surface area (Å²) in [5.74, 6) is 0. The molecule has 0 amide bonds. The van der Waals surface area contributed by atoms with Crippen LogP contribution in [0.3, 0.4) is 0 Å². The number of aromatic nitrogens is 4. The van der Waals surface area contributed by atoms with Crippen LogP contribution in [0.2, 0.25) is 0 Å². The highest BCUT2D eigenvalue weighted by molar-refractivity contribution is 6.33. The average Bonchev–Trinajstić information content (AvgIpc) is 3.98. The first kappa shape index (κ1) is 34.6. The lowest BCUT2D eigenvalue weighted by Gasteiger charge is -2.29. The van der Waals surface area contributed by atoms with Gasteiger partial charge in [0.25, 0.3) is 0 Å². The van der Waals surface area contributed by atoms with Crippen molar-refractivity contribution in [3.05, 3.63) is 163 Å². The van der Waals surface area contributed by atoms with Crippen LogP contribution in [0.1, 0.15) is 52.7 Å². The van der Waals surface area contributed by atoms with E-state index in [0.717, 1.165) is 61.2 Å². The molecule has 5 heteroatoms. The lowest BCUT2D eigenvalue weighted by molar-refractivity contribution is 0.591. The minimum Gasteiger partial charge on any atom is -0.308 e. The van der Waals surface area contributed by atoms with E-state index in [1.807, 2.05) is 0 Å². The van der Waals surface area contributed by atoms with Crippen LogP contribution in [0.15, 0.2) is 152 Å². The molecule has 0 aliphatic carbocycles. The maximum absolute atomic E-state index is 5.89. The van der Waals surface area contributed by atoms with Gasteiger partial charge in [0.05, 0.1) is 27.8 Å². The Morgan fingerprint density at radius 2 is 0.902 bits per heavy atom. The van der Waals surface area contributed by atoms with Crippen LogP contribution in [0, 0.1) is 0 Å². The number of rotatable bonds is 3. The number of para-hydroxylation sites is 2. The number of anilines is 3. The summed E-state index contributed by atoms with van der Waals surface area (Å²) in [6.07, 6.45) is 0. The first-order valence-electron chi connectivity index (χ1n) is 21.4. The molecule has 0 radical (unpaired) electrons. The van der Waals surface area contributed by atoms with E-state index in [1.165, 1.54) is 65.3 Å². The SMILES string of the molecule is CC(C)(C)c1cc(N(c2ccccc2)c2ccccc2)c2c(c1)c1c3ccccc3cc3c4nc5c(nc4n2c31)c1cc(C(C)(C)C)cc2c3ccc4ccccc4c3n5c21. The fourth-order valence-electron chi connectivity index (χ4n) is 10.4. The molecule has 0 atom stereocenters. The zero-order valence-electron chi connectivity index (χ0n) is 35.2. The van der Waals surface area contributed by atoms with E-state index in [2.05, 4.69) is 207 Å². The van der Waals surface area contributed by atoms with Crippen molar-refractivity contribution in [2.24, 2.45) is 0 Å². The molecule has 5 heterocycles. The molecule has 0 bridgehead atoms. The Kier molecular flexibility index (Phi) is 6.66. The van der Waals surface area contributed by atoms with Crippen molar-refractivity contribution in [2.75, 3.05) is 4.90 Å². The summed E-state index contributed by atoms with van der Waals surface area (Å²) < 4.78 is 4.89. The van der Waals surface area contributed by atoms with E-state index in [0.29, 0.717) is 0 Å². The average molecular weight is 786 g/mol. The van der Waals surface area contributed by atoms with Gasteiger partial charge in [0.1, 0.15) is 11.0 Å². The third-order valence-corrected chi connectivity index (χ3v) is 13.4. The Morgan fingerprint density at radius 3 is 1.56 bits per heavy atom. The number of fused-ring (bicyclic) bond motifs is 16. The Bertz CT molecular complexity index is 3900. The molecular weight excluding hydrogens is 743 g/mol. The van der Waals surface area contributed by atoms with Gasteiger partial charge in [-0.3, -0.25) is 8.80 Å². The van der Waals surface area contributed by atoms with Crippen LogP contribution in [-0.4, -0.2) is 18.8 Å². The second kappa shape index (κ2) is 11.7. The van der Waals surface area contributed by atoms with E-state index in [-0.39, 0.29) is 10.8 Å². The van der Waals surface area contributed by atoms with Gasteiger partial charge >= 0.3 is 0 Å². The first-order valence-corrected chi connectivity index (χ1v) is 21.4. The van der Waals surface area contributed by atoms with E-state index >= 15 is 0 Å². The number of benzene rings is 8. The quantitative estimate of drug-likeness (QED) is 0.179. The highest BCUT2D eigenvalue weighted by Gasteiger charge is 2.31. The summed E-state index contributed by atoms with van der Waals surface area (Å²) in [5.41, 5.74) is 14.0. The fraction of sp³-hybridized carbons (Fsp3) is 0.143. The molecule has 5 nitrogen and oxygen atoms in total. The van der Waals surface area contributed by atoms with Gasteiger partial charge < -0.3 is 4.90 Å². The molecule has 0 aliphatic rings. The normalized spacial score (nSPS) is 13.1. The van der Waals surface area contributed by atoms with Gasteiger partial charge in [-0.05, 0) is 92.7 Å². The van der Waals surface area contributed by atoms with Crippen molar-refractivity contribution >= 4 is 115 Å². The van der Waals surface area contributed by atoms with Gasteiger partial charge in [-0.2, -0.15) is 0 Å². The maximum atomic E-state index is 5.89. The maximum Gasteiger partial charge on any atom is 0.165 e. The van der Waals surface area contributed by atoms with E-state index in [1.54, 1.807) is 0 Å². The molecule has 0 saturated heterocycles. The molecule has 5 aromatic heterocycles. The molecule has 0 aliphatic heterocycles. The summed E-state index contributed by atoms with van der Waals surface area (Å²) in [7, 11) is 0. The summed E-state index contributed by atoms with van der Waals surface area (Å²) in [5, 5.41) is 12.1. The molecule has 8 aromatic carbocycles. The van der Waals surface area contributed by atoms with Gasteiger partial charge in [-0.15, -0.1) is 0 Å². The minimum absolute atomic E-state index is 0.0694. The van der Waals surface area contributed by atoms with Gasteiger partial charge in [-0.1, -0.05) is 139 Å². The molecule has 0 saturated carbocycles. The topological polar surface area (TPSA) is 37.8 Å². The van der Waals surface area contributed by atoms with Gasteiger partial charge in [0, 0.05) is 49.1 Å². The second-order valence-corrected chi connectivity index (χ2v) is 19.1. The first-order chi connectivity index (χ1) is 29.5. The van der Waals surface area contributed by atoms with Crippen molar-refractivity contribution in [3.8, 4) is 0 Å². The molecule has 61 heavy (non-hydrogen) atoms. The van der Waals surface area contributed by atoms with E-state index in [9.17, 15) is 0 Å². The van der Waals surface area contributed by atoms with Crippen LogP contribution in [0.25, 0.3) is 98.3 Å².